The lowest BCUT2D eigenvalue weighted by Crippen LogP contribution is -2.41. The Morgan fingerprint density at radius 1 is 1.28 bits per heavy atom. The molecule has 0 saturated heterocycles. The van der Waals surface area contributed by atoms with Gasteiger partial charge < -0.3 is 10.6 Å². The van der Waals surface area contributed by atoms with Crippen LogP contribution in [0.1, 0.15) is 44.6 Å². The van der Waals surface area contributed by atoms with Gasteiger partial charge in [0.2, 0.25) is 0 Å². The van der Waals surface area contributed by atoms with Gasteiger partial charge in [0, 0.05) is 24.8 Å². The maximum absolute atomic E-state index is 6.01. The lowest BCUT2D eigenvalue weighted by Gasteiger charge is -2.33. The summed E-state index contributed by atoms with van der Waals surface area (Å²) in [5, 5.41) is 0. The van der Waals surface area contributed by atoms with Gasteiger partial charge in [-0.25, -0.2) is 0 Å². The van der Waals surface area contributed by atoms with E-state index in [2.05, 4.69) is 36.1 Å². The molecule has 0 amide bonds. The summed E-state index contributed by atoms with van der Waals surface area (Å²) >= 11 is 0. The summed E-state index contributed by atoms with van der Waals surface area (Å²) in [6, 6.07) is 9.39. The number of fused-ring (bicyclic) bond motifs is 1. The Kier molecular flexibility index (Phi) is 5.06. The Balaban J connectivity index is 2.20. The van der Waals surface area contributed by atoms with Gasteiger partial charge in [-0.3, -0.25) is 0 Å². The van der Waals surface area contributed by atoms with Gasteiger partial charge in [-0.15, -0.1) is 0 Å². The highest BCUT2D eigenvalue weighted by molar-refractivity contribution is 5.55. The van der Waals surface area contributed by atoms with Crippen LogP contribution in [0.2, 0.25) is 0 Å². The number of hydrogen-bond acceptors (Lipinski definition) is 2. The second kappa shape index (κ2) is 6.79. The molecular formula is C16H26N2. The molecular weight excluding hydrogens is 220 g/mol. The molecule has 1 aromatic rings. The zero-order valence-corrected chi connectivity index (χ0v) is 11.6. The van der Waals surface area contributed by atoms with E-state index in [0.717, 1.165) is 6.54 Å². The Bertz CT molecular complexity index is 362. The van der Waals surface area contributed by atoms with Crippen molar-refractivity contribution < 1.29 is 0 Å². The minimum Gasteiger partial charge on any atom is -0.367 e. The first-order valence-corrected chi connectivity index (χ1v) is 7.41. The zero-order valence-electron chi connectivity index (χ0n) is 11.6. The first-order valence-electron chi connectivity index (χ1n) is 7.41. The summed E-state index contributed by atoms with van der Waals surface area (Å²) in [4.78, 5) is 2.57. The topological polar surface area (TPSA) is 29.3 Å². The highest BCUT2D eigenvalue weighted by Gasteiger charge is 2.21. The van der Waals surface area contributed by atoms with E-state index in [4.69, 9.17) is 5.73 Å². The fraction of sp³-hybridized carbons (Fsp3) is 0.625. The number of aryl methyl sites for hydroxylation is 1. The molecule has 100 valence electrons. The van der Waals surface area contributed by atoms with E-state index in [9.17, 15) is 0 Å². The van der Waals surface area contributed by atoms with Crippen molar-refractivity contribution in [2.45, 2.75) is 51.5 Å². The zero-order chi connectivity index (χ0) is 12.8. The summed E-state index contributed by atoms with van der Waals surface area (Å²) in [6.07, 6.45) is 7.57. The van der Waals surface area contributed by atoms with E-state index >= 15 is 0 Å². The predicted octanol–water partition coefficient (Wildman–Crippen LogP) is 3.35. The molecule has 2 rings (SSSR count). The molecule has 18 heavy (non-hydrogen) atoms. The number of para-hydroxylation sites is 1. The third-order valence-corrected chi connectivity index (χ3v) is 4.00. The molecule has 1 aliphatic heterocycles. The Hall–Kier alpha value is -1.02. The van der Waals surface area contributed by atoms with Gasteiger partial charge in [0.15, 0.2) is 0 Å². The quantitative estimate of drug-likeness (QED) is 0.863. The van der Waals surface area contributed by atoms with Crippen LogP contribution in [0.4, 0.5) is 5.69 Å². The van der Waals surface area contributed by atoms with E-state index in [1.54, 1.807) is 0 Å². The van der Waals surface area contributed by atoms with Gasteiger partial charge in [0.25, 0.3) is 0 Å². The van der Waals surface area contributed by atoms with Gasteiger partial charge in [-0.05, 0) is 37.3 Å². The monoisotopic (exact) mass is 246 g/mol. The van der Waals surface area contributed by atoms with Crippen LogP contribution in [-0.2, 0) is 6.42 Å². The molecule has 1 heterocycles. The summed E-state index contributed by atoms with van der Waals surface area (Å²) in [5.41, 5.74) is 8.95. The van der Waals surface area contributed by atoms with Crippen molar-refractivity contribution in [3.8, 4) is 0 Å². The van der Waals surface area contributed by atoms with Crippen molar-refractivity contribution in [2.24, 2.45) is 5.73 Å². The lowest BCUT2D eigenvalue weighted by molar-refractivity contribution is 0.527. The van der Waals surface area contributed by atoms with Gasteiger partial charge in [0.05, 0.1) is 0 Å². The normalized spacial score (nSPS) is 17.1. The SMILES string of the molecule is CCCCC(CN)N1CCCCc2ccccc21. The third kappa shape index (κ3) is 3.05. The van der Waals surface area contributed by atoms with Gasteiger partial charge in [0.1, 0.15) is 0 Å². The van der Waals surface area contributed by atoms with Crippen molar-refractivity contribution >= 4 is 5.69 Å². The number of nitrogens with two attached hydrogens (primary N) is 1. The summed E-state index contributed by atoms with van der Waals surface area (Å²) in [7, 11) is 0. The van der Waals surface area contributed by atoms with E-state index in [0.29, 0.717) is 6.04 Å². The second-order valence-electron chi connectivity index (χ2n) is 5.31. The molecule has 1 aromatic carbocycles. The number of anilines is 1. The highest BCUT2D eigenvalue weighted by atomic mass is 15.2. The van der Waals surface area contributed by atoms with Crippen LogP contribution in [0.5, 0.6) is 0 Å². The molecule has 2 heteroatoms. The summed E-state index contributed by atoms with van der Waals surface area (Å²) in [6.45, 7) is 4.20. The van der Waals surface area contributed by atoms with E-state index in [1.165, 1.54) is 56.3 Å². The molecule has 2 nitrogen and oxygen atoms in total. The highest BCUT2D eigenvalue weighted by Crippen LogP contribution is 2.28. The minimum atomic E-state index is 0.518. The number of benzene rings is 1. The number of nitrogens with zero attached hydrogens (tertiary/aromatic N) is 1. The first-order chi connectivity index (χ1) is 8.86. The van der Waals surface area contributed by atoms with Crippen molar-refractivity contribution in [2.75, 3.05) is 18.0 Å². The van der Waals surface area contributed by atoms with Gasteiger partial charge in [-0.1, -0.05) is 38.0 Å². The summed E-state index contributed by atoms with van der Waals surface area (Å²) < 4.78 is 0. The molecule has 2 N–H and O–H groups in total. The van der Waals surface area contributed by atoms with Crippen molar-refractivity contribution in [1.82, 2.24) is 0 Å². The molecule has 0 saturated carbocycles. The predicted molar refractivity (Wildman–Crippen MR) is 79.1 cm³/mol. The van der Waals surface area contributed by atoms with Crippen molar-refractivity contribution in [1.29, 1.82) is 0 Å². The first kappa shape index (κ1) is 13.4. The van der Waals surface area contributed by atoms with Gasteiger partial charge in [-0.2, -0.15) is 0 Å². The average Bonchev–Trinajstić information content (AvgIpc) is 2.63. The van der Waals surface area contributed by atoms with Crippen molar-refractivity contribution in [3.05, 3.63) is 29.8 Å². The molecule has 1 unspecified atom stereocenters. The summed E-state index contributed by atoms with van der Waals surface area (Å²) in [5.74, 6) is 0. The minimum absolute atomic E-state index is 0.518. The standard InChI is InChI=1S/C16H26N2/c1-2-3-10-15(13-17)18-12-7-6-9-14-8-4-5-11-16(14)18/h4-5,8,11,15H,2-3,6-7,9-10,12-13,17H2,1H3. The van der Waals surface area contributed by atoms with E-state index in [-0.39, 0.29) is 0 Å². The lowest BCUT2D eigenvalue weighted by atomic mass is 10.0. The molecule has 0 aromatic heterocycles. The fourth-order valence-electron chi connectivity index (χ4n) is 2.94. The molecule has 1 aliphatic rings. The van der Waals surface area contributed by atoms with E-state index < -0.39 is 0 Å². The molecule has 0 fully saturated rings. The van der Waals surface area contributed by atoms with Crippen LogP contribution in [0.15, 0.2) is 24.3 Å². The average molecular weight is 246 g/mol. The molecule has 0 aliphatic carbocycles. The van der Waals surface area contributed by atoms with Crippen LogP contribution in [-0.4, -0.2) is 19.1 Å². The van der Waals surface area contributed by atoms with E-state index in [1.807, 2.05) is 0 Å². The smallest absolute Gasteiger partial charge is 0.0412 e. The maximum Gasteiger partial charge on any atom is 0.0412 e. The fourth-order valence-corrected chi connectivity index (χ4v) is 2.94. The second-order valence-corrected chi connectivity index (χ2v) is 5.31. The third-order valence-electron chi connectivity index (χ3n) is 4.00. The molecule has 0 radical (unpaired) electrons. The maximum atomic E-state index is 6.01. The van der Waals surface area contributed by atoms with Gasteiger partial charge >= 0.3 is 0 Å². The van der Waals surface area contributed by atoms with Crippen LogP contribution in [0, 0.1) is 0 Å². The van der Waals surface area contributed by atoms with Crippen LogP contribution in [0.3, 0.4) is 0 Å². The number of rotatable bonds is 5. The molecule has 0 bridgehead atoms. The Morgan fingerprint density at radius 3 is 2.89 bits per heavy atom. The number of hydrogen-bond donors (Lipinski definition) is 1. The Morgan fingerprint density at radius 2 is 2.11 bits per heavy atom. The van der Waals surface area contributed by atoms with Crippen molar-refractivity contribution in [3.63, 3.8) is 0 Å². The van der Waals surface area contributed by atoms with Crippen LogP contribution >= 0.6 is 0 Å². The van der Waals surface area contributed by atoms with Crippen LogP contribution < -0.4 is 10.6 Å². The largest absolute Gasteiger partial charge is 0.367 e. The Labute approximate surface area is 111 Å². The number of unbranched alkanes of at least 4 members (excludes halogenated alkanes) is 1. The molecule has 1 atom stereocenters. The van der Waals surface area contributed by atoms with Crippen LogP contribution in [0.25, 0.3) is 0 Å². The molecule has 0 spiro atoms.